The van der Waals surface area contributed by atoms with E-state index in [9.17, 15) is 9.59 Å². The number of fused-ring (bicyclic) bond motifs is 2. The van der Waals surface area contributed by atoms with Crippen LogP contribution in [0.2, 0.25) is 0 Å². The third kappa shape index (κ3) is 4.59. The molecule has 0 aliphatic carbocycles. The van der Waals surface area contributed by atoms with Gasteiger partial charge in [0.05, 0.1) is 25.0 Å². The van der Waals surface area contributed by atoms with E-state index in [-0.39, 0.29) is 36.5 Å². The number of nitrogens with zero attached hydrogens (tertiary/aromatic N) is 4. The molecular formula is C24H31N5O5. The van der Waals surface area contributed by atoms with Gasteiger partial charge >= 0.3 is 0 Å². The summed E-state index contributed by atoms with van der Waals surface area (Å²) in [5, 5.41) is 12.0. The zero-order chi connectivity index (χ0) is 23.7. The first-order valence-corrected chi connectivity index (χ1v) is 12.0. The monoisotopic (exact) mass is 469 g/mol. The van der Waals surface area contributed by atoms with Crippen LogP contribution in [-0.4, -0.2) is 64.6 Å². The maximum atomic E-state index is 13.1. The molecule has 182 valence electrons. The van der Waals surface area contributed by atoms with Gasteiger partial charge in [-0.05, 0) is 30.0 Å². The fourth-order valence-electron chi connectivity index (χ4n) is 4.70. The van der Waals surface area contributed by atoms with E-state index in [2.05, 4.69) is 33.9 Å². The number of carbonyl (C=O) groups excluding carboxylic acids is 2. The first-order valence-electron chi connectivity index (χ1n) is 12.0. The summed E-state index contributed by atoms with van der Waals surface area (Å²) >= 11 is 0. The summed E-state index contributed by atoms with van der Waals surface area (Å²) in [5.74, 6) is 3.09. The van der Waals surface area contributed by atoms with Gasteiger partial charge in [-0.3, -0.25) is 9.59 Å². The summed E-state index contributed by atoms with van der Waals surface area (Å²) in [4.78, 5) is 27.7. The van der Waals surface area contributed by atoms with Crippen molar-refractivity contribution in [3.63, 3.8) is 0 Å². The third-order valence-electron chi connectivity index (χ3n) is 6.74. The zero-order valence-corrected chi connectivity index (χ0v) is 19.7. The highest BCUT2D eigenvalue weighted by atomic mass is 16.7. The molecular weight excluding hydrogens is 438 g/mol. The number of ether oxygens (including phenoxy) is 3. The molecule has 2 amide bonds. The van der Waals surface area contributed by atoms with Crippen molar-refractivity contribution in [1.29, 1.82) is 0 Å². The predicted molar refractivity (Wildman–Crippen MR) is 121 cm³/mol. The molecule has 1 aromatic heterocycles. The second-order valence-corrected chi connectivity index (χ2v) is 9.41. The number of hydrogen-bond acceptors (Lipinski definition) is 7. The Bertz CT molecular complexity index is 1060. The topological polar surface area (TPSA) is 108 Å². The molecule has 34 heavy (non-hydrogen) atoms. The quantitative estimate of drug-likeness (QED) is 0.683. The van der Waals surface area contributed by atoms with Gasteiger partial charge in [0.25, 0.3) is 0 Å². The van der Waals surface area contributed by atoms with Crippen molar-refractivity contribution in [3.8, 4) is 11.5 Å². The molecule has 10 heteroatoms. The molecule has 0 unspecified atom stereocenters. The molecule has 1 N–H and O–H groups in total. The first-order chi connectivity index (χ1) is 16.5. The Balaban J connectivity index is 1.25. The maximum Gasteiger partial charge on any atom is 0.231 e. The molecule has 0 spiro atoms. The molecule has 2 aromatic rings. The Hall–Kier alpha value is -3.14. The highest BCUT2D eigenvalue weighted by Crippen LogP contribution is 2.32. The van der Waals surface area contributed by atoms with Crippen molar-refractivity contribution >= 4 is 11.8 Å². The SMILES string of the molecule is CC(C)[C@@H](NC(=O)[C@H]1CCOC1)c1nnc2n1CCN(C(=O)Cc1ccc3c(c1)OCO3)CC2. The van der Waals surface area contributed by atoms with Gasteiger partial charge in [-0.15, -0.1) is 10.2 Å². The fraction of sp³-hybridized carbons (Fsp3) is 0.583. The normalized spacial score (nSPS) is 20.2. The lowest BCUT2D eigenvalue weighted by Gasteiger charge is -2.24. The fourth-order valence-corrected chi connectivity index (χ4v) is 4.70. The number of aromatic nitrogens is 3. The minimum atomic E-state index is -0.245. The number of amides is 2. The van der Waals surface area contributed by atoms with Crippen LogP contribution in [0.15, 0.2) is 18.2 Å². The molecule has 1 saturated heterocycles. The minimum absolute atomic E-state index is 0.00250. The molecule has 5 rings (SSSR count). The lowest BCUT2D eigenvalue weighted by atomic mass is 10.0. The summed E-state index contributed by atoms with van der Waals surface area (Å²) in [5.41, 5.74) is 0.900. The molecule has 3 aliphatic heterocycles. The van der Waals surface area contributed by atoms with Crippen LogP contribution in [0.1, 0.15) is 43.5 Å². The number of benzene rings is 1. The van der Waals surface area contributed by atoms with E-state index in [1.54, 1.807) is 0 Å². The third-order valence-corrected chi connectivity index (χ3v) is 6.74. The van der Waals surface area contributed by atoms with Crippen LogP contribution in [0.5, 0.6) is 11.5 Å². The Morgan fingerprint density at radius 1 is 1.15 bits per heavy atom. The lowest BCUT2D eigenvalue weighted by Crippen LogP contribution is -2.38. The second-order valence-electron chi connectivity index (χ2n) is 9.41. The summed E-state index contributed by atoms with van der Waals surface area (Å²) in [6, 6.07) is 5.38. The summed E-state index contributed by atoms with van der Waals surface area (Å²) in [7, 11) is 0. The highest BCUT2D eigenvalue weighted by molar-refractivity contribution is 5.80. The first kappa shape index (κ1) is 22.6. The Morgan fingerprint density at radius 2 is 2.00 bits per heavy atom. The van der Waals surface area contributed by atoms with Gasteiger partial charge in [0.15, 0.2) is 17.3 Å². The Morgan fingerprint density at radius 3 is 2.79 bits per heavy atom. The molecule has 3 aliphatic rings. The van der Waals surface area contributed by atoms with Crippen molar-refractivity contribution in [2.24, 2.45) is 11.8 Å². The summed E-state index contributed by atoms with van der Waals surface area (Å²) in [6.07, 6.45) is 1.67. The molecule has 0 saturated carbocycles. The van der Waals surface area contributed by atoms with Gasteiger partial charge in [0, 0.05) is 32.7 Å². The van der Waals surface area contributed by atoms with E-state index in [1.807, 2.05) is 23.1 Å². The standard InChI is InChI=1S/C24H31N5O5/c1-15(2)22(25-24(31)17-6-10-32-13-17)23-27-26-20-5-7-28(8-9-29(20)23)21(30)12-16-3-4-18-19(11-16)34-14-33-18/h3-4,11,15,17,22H,5-10,12-14H2,1-2H3,(H,25,31)/t17-,22+/m0/s1. The van der Waals surface area contributed by atoms with Crippen molar-refractivity contribution in [1.82, 2.24) is 25.0 Å². The van der Waals surface area contributed by atoms with Gasteiger partial charge in [0.2, 0.25) is 18.6 Å². The molecule has 0 radical (unpaired) electrons. The van der Waals surface area contributed by atoms with Crippen LogP contribution in [0, 0.1) is 11.8 Å². The van der Waals surface area contributed by atoms with Crippen LogP contribution < -0.4 is 14.8 Å². The zero-order valence-electron chi connectivity index (χ0n) is 19.7. The van der Waals surface area contributed by atoms with Crippen LogP contribution >= 0.6 is 0 Å². The van der Waals surface area contributed by atoms with Crippen molar-refractivity contribution in [2.75, 3.05) is 33.1 Å². The van der Waals surface area contributed by atoms with E-state index in [1.165, 1.54) is 0 Å². The average molecular weight is 470 g/mol. The van der Waals surface area contributed by atoms with E-state index < -0.39 is 0 Å². The van der Waals surface area contributed by atoms with Crippen LogP contribution in [-0.2, 0) is 33.7 Å². The van der Waals surface area contributed by atoms with Crippen molar-refractivity contribution < 1.29 is 23.8 Å². The van der Waals surface area contributed by atoms with E-state index in [4.69, 9.17) is 14.2 Å². The lowest BCUT2D eigenvalue weighted by molar-refractivity contribution is -0.130. The minimum Gasteiger partial charge on any atom is -0.454 e. The predicted octanol–water partition coefficient (Wildman–Crippen LogP) is 1.48. The molecule has 1 fully saturated rings. The van der Waals surface area contributed by atoms with Gasteiger partial charge in [-0.1, -0.05) is 19.9 Å². The smallest absolute Gasteiger partial charge is 0.231 e. The van der Waals surface area contributed by atoms with Gasteiger partial charge in [-0.25, -0.2) is 0 Å². The number of carbonyl (C=O) groups is 2. The number of hydrogen-bond donors (Lipinski definition) is 1. The second kappa shape index (κ2) is 9.61. The summed E-state index contributed by atoms with van der Waals surface area (Å²) < 4.78 is 18.2. The molecule has 0 bridgehead atoms. The van der Waals surface area contributed by atoms with E-state index >= 15 is 0 Å². The van der Waals surface area contributed by atoms with Crippen LogP contribution in [0.4, 0.5) is 0 Å². The molecule has 10 nitrogen and oxygen atoms in total. The maximum absolute atomic E-state index is 13.1. The molecule has 2 atom stereocenters. The van der Waals surface area contributed by atoms with E-state index in [0.29, 0.717) is 57.2 Å². The molecule has 4 heterocycles. The number of nitrogens with one attached hydrogen (secondary N) is 1. The van der Waals surface area contributed by atoms with Gasteiger partial charge < -0.3 is 29.0 Å². The van der Waals surface area contributed by atoms with Crippen molar-refractivity contribution in [3.05, 3.63) is 35.4 Å². The Labute approximate surface area is 198 Å². The highest BCUT2D eigenvalue weighted by Gasteiger charge is 2.31. The van der Waals surface area contributed by atoms with Gasteiger partial charge in [0.1, 0.15) is 5.82 Å². The van der Waals surface area contributed by atoms with Crippen molar-refractivity contribution in [2.45, 2.75) is 45.7 Å². The summed E-state index contributed by atoms with van der Waals surface area (Å²) in [6.45, 7) is 7.18. The average Bonchev–Trinajstić information content (AvgIpc) is 3.56. The molecule has 1 aromatic carbocycles. The van der Waals surface area contributed by atoms with Gasteiger partial charge in [-0.2, -0.15) is 0 Å². The van der Waals surface area contributed by atoms with Crippen LogP contribution in [0.3, 0.4) is 0 Å². The number of rotatable bonds is 6. The Kier molecular flexibility index (Phi) is 6.40. The largest absolute Gasteiger partial charge is 0.454 e. The van der Waals surface area contributed by atoms with Crippen LogP contribution in [0.25, 0.3) is 0 Å². The van der Waals surface area contributed by atoms with E-state index in [0.717, 1.165) is 23.6 Å².